The van der Waals surface area contributed by atoms with Crippen LogP contribution in [-0.2, 0) is 10.0 Å². The Hall–Kier alpha value is -1.21. The van der Waals surface area contributed by atoms with E-state index in [9.17, 15) is 17.2 Å². The lowest BCUT2D eigenvalue weighted by molar-refractivity contribution is 0.0811. The van der Waals surface area contributed by atoms with Gasteiger partial charge in [0.2, 0.25) is 10.0 Å². The number of sulfonamides is 1. The standard InChI is InChI=1S/C11H15F2NO3S/c1-6-4-9(18(14,15)16)7(2)8(3)11(6)17-5-10(12)13/h4,10H,5H2,1-3H3,(H2,14,15,16). The van der Waals surface area contributed by atoms with Crippen LogP contribution in [0, 0.1) is 20.8 Å². The number of benzene rings is 1. The van der Waals surface area contributed by atoms with Crippen LogP contribution in [0.1, 0.15) is 16.7 Å². The van der Waals surface area contributed by atoms with Crippen LogP contribution in [0.15, 0.2) is 11.0 Å². The van der Waals surface area contributed by atoms with Crippen LogP contribution in [0.4, 0.5) is 8.78 Å². The zero-order chi connectivity index (χ0) is 14.1. The van der Waals surface area contributed by atoms with Gasteiger partial charge in [0.25, 0.3) is 6.43 Å². The van der Waals surface area contributed by atoms with Crippen molar-refractivity contribution in [1.29, 1.82) is 0 Å². The summed E-state index contributed by atoms with van der Waals surface area (Å²) in [6.45, 7) is 4.03. The van der Waals surface area contributed by atoms with Crippen molar-refractivity contribution in [3.63, 3.8) is 0 Å². The molecule has 0 unspecified atom stereocenters. The van der Waals surface area contributed by atoms with E-state index in [0.717, 1.165) is 0 Å². The van der Waals surface area contributed by atoms with Gasteiger partial charge in [-0.1, -0.05) is 0 Å². The number of hydrogen-bond acceptors (Lipinski definition) is 3. The molecule has 0 fully saturated rings. The molecule has 0 bridgehead atoms. The summed E-state index contributed by atoms with van der Waals surface area (Å²) in [5.41, 5.74) is 1.37. The third kappa shape index (κ3) is 3.17. The lowest BCUT2D eigenvalue weighted by Gasteiger charge is -2.16. The van der Waals surface area contributed by atoms with Crippen molar-refractivity contribution < 1.29 is 21.9 Å². The highest BCUT2D eigenvalue weighted by molar-refractivity contribution is 7.89. The Morgan fingerprint density at radius 2 is 1.83 bits per heavy atom. The Kier molecular flexibility index (Phi) is 4.28. The maximum absolute atomic E-state index is 12.1. The number of primary sulfonamides is 1. The van der Waals surface area contributed by atoms with E-state index in [1.54, 1.807) is 20.8 Å². The van der Waals surface area contributed by atoms with Gasteiger partial charge in [-0.25, -0.2) is 22.3 Å². The maximum Gasteiger partial charge on any atom is 0.272 e. The molecule has 7 heteroatoms. The van der Waals surface area contributed by atoms with Gasteiger partial charge in [-0.05, 0) is 43.5 Å². The summed E-state index contributed by atoms with van der Waals surface area (Å²) in [7, 11) is -3.83. The van der Waals surface area contributed by atoms with Crippen molar-refractivity contribution in [2.45, 2.75) is 32.1 Å². The van der Waals surface area contributed by atoms with Gasteiger partial charge in [0, 0.05) is 0 Å². The fourth-order valence-electron chi connectivity index (χ4n) is 1.69. The van der Waals surface area contributed by atoms with Gasteiger partial charge >= 0.3 is 0 Å². The van der Waals surface area contributed by atoms with E-state index < -0.39 is 23.1 Å². The minimum atomic E-state index is -3.83. The molecule has 4 nitrogen and oxygen atoms in total. The quantitative estimate of drug-likeness (QED) is 0.915. The molecule has 0 radical (unpaired) electrons. The van der Waals surface area contributed by atoms with Gasteiger partial charge in [0.15, 0.2) is 0 Å². The average molecular weight is 279 g/mol. The van der Waals surface area contributed by atoms with Crippen molar-refractivity contribution in [3.05, 3.63) is 22.8 Å². The highest BCUT2D eigenvalue weighted by Gasteiger charge is 2.18. The van der Waals surface area contributed by atoms with E-state index in [4.69, 9.17) is 9.88 Å². The fourth-order valence-corrected chi connectivity index (χ4v) is 2.61. The Morgan fingerprint density at radius 1 is 1.28 bits per heavy atom. The van der Waals surface area contributed by atoms with E-state index >= 15 is 0 Å². The van der Waals surface area contributed by atoms with E-state index in [1.807, 2.05) is 0 Å². The predicted octanol–water partition coefficient (Wildman–Crippen LogP) is 1.90. The summed E-state index contributed by atoms with van der Waals surface area (Å²) >= 11 is 0. The number of rotatable bonds is 4. The number of ether oxygens (including phenoxy) is 1. The molecule has 0 aliphatic heterocycles. The molecule has 18 heavy (non-hydrogen) atoms. The minimum Gasteiger partial charge on any atom is -0.487 e. The van der Waals surface area contributed by atoms with Gasteiger partial charge in [-0.3, -0.25) is 0 Å². The lowest BCUT2D eigenvalue weighted by atomic mass is 10.1. The van der Waals surface area contributed by atoms with Crippen LogP contribution in [0.5, 0.6) is 5.75 Å². The summed E-state index contributed by atoms with van der Waals surface area (Å²) in [4.78, 5) is -0.0121. The molecule has 102 valence electrons. The minimum absolute atomic E-state index is 0.0121. The number of hydrogen-bond donors (Lipinski definition) is 1. The van der Waals surface area contributed by atoms with Crippen molar-refractivity contribution in [2.75, 3.05) is 6.61 Å². The Morgan fingerprint density at radius 3 is 2.28 bits per heavy atom. The smallest absolute Gasteiger partial charge is 0.272 e. The second-order valence-electron chi connectivity index (χ2n) is 4.02. The second-order valence-corrected chi connectivity index (χ2v) is 5.55. The third-order valence-electron chi connectivity index (χ3n) is 2.64. The highest BCUT2D eigenvalue weighted by atomic mass is 32.2. The first-order valence-electron chi connectivity index (χ1n) is 5.19. The van der Waals surface area contributed by atoms with Gasteiger partial charge in [-0.15, -0.1) is 0 Å². The topological polar surface area (TPSA) is 69.4 Å². The molecule has 0 saturated heterocycles. The Balaban J connectivity index is 3.30. The van der Waals surface area contributed by atoms with Crippen molar-refractivity contribution in [3.8, 4) is 5.75 Å². The van der Waals surface area contributed by atoms with Crippen LogP contribution in [0.3, 0.4) is 0 Å². The zero-order valence-corrected chi connectivity index (χ0v) is 11.1. The SMILES string of the molecule is Cc1cc(S(N)(=O)=O)c(C)c(C)c1OCC(F)F. The fraction of sp³-hybridized carbons (Fsp3) is 0.455. The van der Waals surface area contributed by atoms with E-state index in [-0.39, 0.29) is 10.6 Å². The summed E-state index contributed by atoms with van der Waals surface area (Å²) < 4.78 is 51.9. The maximum atomic E-state index is 12.1. The van der Waals surface area contributed by atoms with Crippen molar-refractivity contribution >= 4 is 10.0 Å². The van der Waals surface area contributed by atoms with Gasteiger partial charge in [0.05, 0.1) is 4.90 Å². The number of nitrogens with two attached hydrogens (primary N) is 1. The summed E-state index contributed by atoms with van der Waals surface area (Å²) in [6.07, 6.45) is -2.58. The molecule has 2 N–H and O–H groups in total. The molecule has 0 saturated carbocycles. The monoisotopic (exact) mass is 279 g/mol. The molecule has 0 amide bonds. The molecule has 1 rings (SSSR count). The number of aryl methyl sites for hydroxylation is 1. The lowest BCUT2D eigenvalue weighted by Crippen LogP contribution is -2.16. The third-order valence-corrected chi connectivity index (χ3v) is 3.68. The molecule has 0 aliphatic carbocycles. The average Bonchev–Trinajstić information content (AvgIpc) is 2.21. The first-order chi connectivity index (χ1) is 8.14. The Bertz CT molecular complexity index is 556. The number of alkyl halides is 2. The normalized spacial score (nSPS) is 11.9. The zero-order valence-electron chi connectivity index (χ0n) is 10.3. The molecule has 0 spiro atoms. The van der Waals surface area contributed by atoms with E-state index in [0.29, 0.717) is 16.7 Å². The first-order valence-corrected chi connectivity index (χ1v) is 6.73. The van der Waals surface area contributed by atoms with Crippen molar-refractivity contribution in [2.24, 2.45) is 5.14 Å². The van der Waals surface area contributed by atoms with Gasteiger partial charge in [-0.2, -0.15) is 0 Å². The predicted molar refractivity (Wildman–Crippen MR) is 63.5 cm³/mol. The molecular formula is C11H15F2NO3S. The molecule has 0 heterocycles. The largest absolute Gasteiger partial charge is 0.487 e. The van der Waals surface area contributed by atoms with E-state index in [1.165, 1.54) is 6.07 Å². The molecule has 1 aromatic rings. The number of halogens is 2. The van der Waals surface area contributed by atoms with Crippen LogP contribution in [0.25, 0.3) is 0 Å². The second kappa shape index (κ2) is 5.19. The molecule has 0 aromatic heterocycles. The van der Waals surface area contributed by atoms with Gasteiger partial charge in [0.1, 0.15) is 12.4 Å². The molecule has 0 aliphatic rings. The highest BCUT2D eigenvalue weighted by Crippen LogP contribution is 2.30. The van der Waals surface area contributed by atoms with Crippen molar-refractivity contribution in [1.82, 2.24) is 0 Å². The summed E-state index contributed by atoms with van der Waals surface area (Å²) in [5.74, 6) is 0.278. The molecule has 1 aromatic carbocycles. The van der Waals surface area contributed by atoms with Gasteiger partial charge < -0.3 is 4.74 Å². The molecular weight excluding hydrogens is 264 g/mol. The first kappa shape index (κ1) is 14.8. The van der Waals surface area contributed by atoms with Crippen LogP contribution >= 0.6 is 0 Å². The summed E-state index contributed by atoms with van der Waals surface area (Å²) in [6, 6.07) is 1.33. The van der Waals surface area contributed by atoms with E-state index in [2.05, 4.69) is 0 Å². The molecule has 0 atom stereocenters. The van der Waals surface area contributed by atoms with Crippen LogP contribution in [0.2, 0.25) is 0 Å². The van der Waals surface area contributed by atoms with Crippen LogP contribution < -0.4 is 9.88 Å². The summed E-state index contributed by atoms with van der Waals surface area (Å²) in [5, 5.41) is 5.08. The Labute approximate surface area is 105 Å². The van der Waals surface area contributed by atoms with Crippen LogP contribution in [-0.4, -0.2) is 21.5 Å².